The van der Waals surface area contributed by atoms with Gasteiger partial charge in [0, 0.05) is 56.2 Å². The Kier molecular flexibility index (Phi) is 10.5. The van der Waals surface area contributed by atoms with Gasteiger partial charge in [0.1, 0.15) is 36.3 Å². The second kappa shape index (κ2) is 15.5. The van der Waals surface area contributed by atoms with Crippen LogP contribution in [-0.2, 0) is 16.0 Å². The summed E-state index contributed by atoms with van der Waals surface area (Å²) in [6.45, 7) is 6.82. The topological polar surface area (TPSA) is 150 Å². The fourth-order valence-electron chi connectivity index (χ4n) is 7.54. The van der Waals surface area contributed by atoms with Crippen molar-refractivity contribution < 1.29 is 18.9 Å². The lowest BCUT2D eigenvalue weighted by molar-refractivity contribution is -0.0458. The summed E-state index contributed by atoms with van der Waals surface area (Å²) in [5.74, 6) is 1.45. The van der Waals surface area contributed by atoms with E-state index in [9.17, 15) is 5.26 Å². The summed E-state index contributed by atoms with van der Waals surface area (Å²) in [5.41, 5.74) is 2.80. The number of nitrogens with one attached hydrogen (secondary N) is 1. The predicted molar refractivity (Wildman–Crippen MR) is 185 cm³/mol. The van der Waals surface area contributed by atoms with Gasteiger partial charge in [-0.3, -0.25) is 9.58 Å². The molecule has 14 nitrogen and oxygen atoms in total. The fraction of sp³-hybridized carbons (Fsp3) is 0.556. The van der Waals surface area contributed by atoms with Gasteiger partial charge in [-0.1, -0.05) is 6.07 Å². The average molecular weight is 683 g/mol. The smallest absolute Gasteiger partial charge is 0.257 e. The van der Waals surface area contributed by atoms with Crippen LogP contribution in [0, 0.1) is 11.3 Å². The molecule has 4 atom stereocenters. The van der Waals surface area contributed by atoms with Crippen LogP contribution in [0.4, 0.5) is 11.6 Å². The number of hydrogen-bond acceptors (Lipinski definition) is 12. The van der Waals surface area contributed by atoms with Gasteiger partial charge in [-0.05, 0) is 70.1 Å². The Labute approximate surface area is 292 Å². The van der Waals surface area contributed by atoms with E-state index in [1.165, 1.54) is 19.2 Å². The molecule has 1 N–H and O–H groups in total. The third-order valence-corrected chi connectivity index (χ3v) is 10.1. The molecule has 264 valence electrons. The van der Waals surface area contributed by atoms with Gasteiger partial charge >= 0.3 is 0 Å². The Balaban J connectivity index is 1.04. The normalized spacial score (nSPS) is 23.2. The minimum absolute atomic E-state index is 0.0820. The lowest BCUT2D eigenvalue weighted by atomic mass is 9.89. The Morgan fingerprint density at radius 2 is 1.70 bits per heavy atom. The number of fused-ring (bicyclic) bond motifs is 2. The molecule has 2 aliphatic heterocycles. The van der Waals surface area contributed by atoms with E-state index in [2.05, 4.69) is 41.0 Å². The van der Waals surface area contributed by atoms with Crippen LogP contribution >= 0.6 is 0 Å². The molecule has 0 unspecified atom stereocenters. The van der Waals surface area contributed by atoms with Gasteiger partial charge in [0.15, 0.2) is 0 Å². The molecule has 7 rings (SSSR count). The van der Waals surface area contributed by atoms with Crippen molar-refractivity contribution in [3.63, 3.8) is 0 Å². The van der Waals surface area contributed by atoms with Crippen molar-refractivity contribution in [2.24, 2.45) is 0 Å². The highest BCUT2D eigenvalue weighted by Crippen LogP contribution is 2.39. The second-order valence-corrected chi connectivity index (χ2v) is 13.7. The highest BCUT2D eigenvalue weighted by Gasteiger charge is 2.42. The molecule has 0 spiro atoms. The van der Waals surface area contributed by atoms with Gasteiger partial charge in [0.25, 0.3) is 5.88 Å². The highest BCUT2D eigenvalue weighted by atomic mass is 16.5. The van der Waals surface area contributed by atoms with Crippen molar-refractivity contribution in [2.75, 3.05) is 32.2 Å². The Morgan fingerprint density at radius 1 is 0.960 bits per heavy atom. The maximum atomic E-state index is 9.70. The third kappa shape index (κ3) is 7.75. The van der Waals surface area contributed by atoms with Crippen LogP contribution in [0.5, 0.6) is 11.6 Å². The molecular formula is C36H46N10O4. The molecule has 3 fully saturated rings. The highest BCUT2D eigenvalue weighted by molar-refractivity contribution is 5.67. The first-order valence-electron chi connectivity index (χ1n) is 17.7. The van der Waals surface area contributed by atoms with Crippen LogP contribution < -0.4 is 14.8 Å². The number of anilines is 2. The summed E-state index contributed by atoms with van der Waals surface area (Å²) in [5, 5.41) is 22.2. The SMILES string of the molecule is COCC[C@H](C)Oc1nn([C@H]2CC[C@H](N3[C@@H]4CC[C@H]3COC4)CC2)cc1Nc1ncc(-c2ccc(C#N)c(O[C@@H](C)Cn3cncn3)c2)cn1. The molecule has 5 heterocycles. The van der Waals surface area contributed by atoms with E-state index in [0.29, 0.717) is 60.5 Å². The maximum absolute atomic E-state index is 9.70. The molecule has 14 heteroatoms. The van der Waals surface area contributed by atoms with Gasteiger partial charge in [0.2, 0.25) is 5.95 Å². The Morgan fingerprint density at radius 3 is 2.40 bits per heavy atom. The van der Waals surface area contributed by atoms with Crippen LogP contribution in [0.25, 0.3) is 11.1 Å². The quantitative estimate of drug-likeness (QED) is 0.187. The van der Waals surface area contributed by atoms with E-state index in [0.717, 1.165) is 62.1 Å². The summed E-state index contributed by atoms with van der Waals surface area (Å²) in [6.07, 6.45) is 16.1. The van der Waals surface area contributed by atoms with Crippen molar-refractivity contribution in [3.8, 4) is 28.8 Å². The zero-order valence-corrected chi connectivity index (χ0v) is 29.0. The molecular weight excluding hydrogens is 636 g/mol. The first-order chi connectivity index (χ1) is 24.5. The van der Waals surface area contributed by atoms with Crippen molar-refractivity contribution in [3.05, 3.63) is 55.0 Å². The predicted octanol–water partition coefficient (Wildman–Crippen LogP) is 5.17. The minimum Gasteiger partial charge on any atom is -0.487 e. The van der Waals surface area contributed by atoms with Crippen molar-refractivity contribution in [1.82, 2.24) is 39.4 Å². The van der Waals surface area contributed by atoms with Crippen LogP contribution in [0.3, 0.4) is 0 Å². The molecule has 1 saturated carbocycles. The van der Waals surface area contributed by atoms with Crippen LogP contribution in [-0.4, -0.2) is 96.7 Å². The Bertz CT molecular complexity index is 1720. The maximum Gasteiger partial charge on any atom is 0.257 e. The molecule has 3 aromatic heterocycles. The lowest BCUT2D eigenvalue weighted by Gasteiger charge is -2.43. The van der Waals surface area contributed by atoms with Gasteiger partial charge < -0.3 is 24.3 Å². The number of ether oxygens (including phenoxy) is 4. The van der Waals surface area contributed by atoms with Crippen molar-refractivity contribution >= 4 is 11.6 Å². The number of methoxy groups -OCH3 is 1. The molecule has 1 aliphatic carbocycles. The molecule has 50 heavy (non-hydrogen) atoms. The van der Waals surface area contributed by atoms with E-state index in [-0.39, 0.29) is 12.2 Å². The van der Waals surface area contributed by atoms with Crippen molar-refractivity contribution in [2.45, 2.75) is 102 Å². The average Bonchev–Trinajstić information content (AvgIpc) is 3.85. The largest absolute Gasteiger partial charge is 0.487 e. The molecule has 0 radical (unpaired) electrons. The monoisotopic (exact) mass is 682 g/mol. The summed E-state index contributed by atoms with van der Waals surface area (Å²) in [7, 11) is 1.70. The van der Waals surface area contributed by atoms with Crippen molar-refractivity contribution in [1.29, 1.82) is 5.26 Å². The molecule has 2 saturated heterocycles. The number of aromatic nitrogens is 7. The van der Waals surface area contributed by atoms with Gasteiger partial charge in [-0.15, -0.1) is 5.10 Å². The van der Waals surface area contributed by atoms with Gasteiger partial charge in [-0.2, -0.15) is 10.4 Å². The van der Waals surface area contributed by atoms with E-state index >= 15 is 0 Å². The Hall–Kier alpha value is -4.58. The molecule has 3 aliphatic rings. The van der Waals surface area contributed by atoms with Gasteiger partial charge in [-0.25, -0.2) is 19.6 Å². The first-order valence-corrected chi connectivity index (χ1v) is 17.7. The molecule has 0 amide bonds. The zero-order chi connectivity index (χ0) is 34.5. The molecule has 1 aromatic carbocycles. The number of rotatable bonds is 14. The number of morpholine rings is 1. The summed E-state index contributed by atoms with van der Waals surface area (Å²) in [6, 6.07) is 9.78. The van der Waals surface area contributed by atoms with Crippen LogP contribution in [0.1, 0.15) is 70.4 Å². The van der Waals surface area contributed by atoms with Crippen LogP contribution in [0.2, 0.25) is 0 Å². The fourth-order valence-corrected chi connectivity index (χ4v) is 7.54. The van der Waals surface area contributed by atoms with E-state index in [4.69, 9.17) is 24.0 Å². The number of benzene rings is 1. The van der Waals surface area contributed by atoms with Crippen LogP contribution in [0.15, 0.2) is 49.4 Å². The number of nitrogens with zero attached hydrogens (tertiary/aromatic N) is 9. The summed E-state index contributed by atoms with van der Waals surface area (Å²) >= 11 is 0. The lowest BCUT2D eigenvalue weighted by Crippen LogP contribution is -2.52. The second-order valence-electron chi connectivity index (χ2n) is 13.7. The number of nitriles is 1. The zero-order valence-electron chi connectivity index (χ0n) is 29.0. The summed E-state index contributed by atoms with van der Waals surface area (Å²) < 4.78 is 27.4. The summed E-state index contributed by atoms with van der Waals surface area (Å²) in [4.78, 5) is 16.0. The first kappa shape index (κ1) is 33.9. The van der Waals surface area contributed by atoms with E-state index < -0.39 is 0 Å². The molecule has 4 aromatic rings. The van der Waals surface area contributed by atoms with E-state index in [1.54, 1.807) is 36.6 Å². The third-order valence-electron chi connectivity index (χ3n) is 10.1. The van der Waals surface area contributed by atoms with Gasteiger partial charge in [0.05, 0.1) is 43.7 Å². The standard InChI is InChI=1S/C36H46N10O4/c1-24(12-13-47-3)50-35-33(19-45(43-35)29-6-8-30(9-7-29)46-31-10-11-32(46)21-48-20-31)42-36-39-16-28(17-40-36)26-4-5-27(15-37)34(14-26)49-25(2)18-44-23-38-22-41-44/h4-5,14,16-17,19,22-25,29-32H,6-13,18,20-21H2,1-3H3,(H,39,40,42)/t24-,25-,29-,30-,31-,32+/m0/s1. The minimum atomic E-state index is -0.230. The number of hydrogen-bond donors (Lipinski definition) is 1. The van der Waals surface area contributed by atoms with E-state index in [1.807, 2.05) is 32.2 Å². The molecule has 2 bridgehead atoms.